The highest BCUT2D eigenvalue weighted by Gasteiger charge is 2.30. The highest BCUT2D eigenvalue weighted by atomic mass is 19.1. The molecule has 0 radical (unpaired) electrons. The molecule has 4 rings (SSSR count). The number of aromatic nitrogens is 2. The number of carbonyl (C=O) groups excluding carboxylic acids is 1. The fraction of sp³-hybridized carbons (Fsp3) is 0.150. The van der Waals surface area contributed by atoms with Crippen LogP contribution in [0.3, 0.4) is 0 Å². The van der Waals surface area contributed by atoms with Gasteiger partial charge in [0.2, 0.25) is 6.10 Å². The Kier molecular flexibility index (Phi) is 4.42. The molecule has 136 valence electrons. The molecule has 3 aromatic rings. The molecule has 1 aliphatic rings. The molecule has 1 amide bonds. The zero-order valence-electron chi connectivity index (χ0n) is 14.6. The first kappa shape index (κ1) is 17.0. The van der Waals surface area contributed by atoms with Gasteiger partial charge in [0, 0.05) is 18.1 Å². The molecule has 2 heterocycles. The monoisotopic (exact) mass is 364 g/mol. The number of para-hydroxylation sites is 1. The molecule has 0 saturated carbocycles. The van der Waals surface area contributed by atoms with Crippen LogP contribution in [0.4, 0.5) is 10.2 Å². The number of nitrogens with one attached hydrogen (secondary N) is 1. The second-order valence-electron chi connectivity index (χ2n) is 6.22. The predicted octanol–water partition coefficient (Wildman–Crippen LogP) is 3.45. The third kappa shape index (κ3) is 3.44. The molecule has 0 unspecified atom stereocenters. The average Bonchev–Trinajstić information content (AvgIpc) is 3.30. The van der Waals surface area contributed by atoms with E-state index in [0.29, 0.717) is 17.1 Å². The number of rotatable bonds is 4. The number of carbonyl (C=O) groups is 1. The summed E-state index contributed by atoms with van der Waals surface area (Å²) in [7, 11) is 0. The summed E-state index contributed by atoms with van der Waals surface area (Å²) < 4.78 is 15.6. The largest absolute Gasteiger partial charge is 0.382 e. The van der Waals surface area contributed by atoms with Crippen LogP contribution >= 0.6 is 0 Å². The standard InChI is InChI=1S/C20H17FN4O2/c1-13-11-19(25(23-13)14-7-3-2-4-8-14)22-20(26)18-12-17(24-27-18)15-9-5-6-10-16(15)21/h2-11,18H,12H2,1H3,(H,22,26)/t18-/m1/s1. The molecule has 7 heteroatoms. The van der Waals surface area contributed by atoms with Crippen LogP contribution in [0.15, 0.2) is 65.8 Å². The van der Waals surface area contributed by atoms with E-state index in [4.69, 9.17) is 4.84 Å². The van der Waals surface area contributed by atoms with Crippen molar-refractivity contribution in [1.29, 1.82) is 0 Å². The topological polar surface area (TPSA) is 68.5 Å². The summed E-state index contributed by atoms with van der Waals surface area (Å²) in [5.74, 6) is -0.215. The number of halogens is 1. The van der Waals surface area contributed by atoms with Crippen molar-refractivity contribution in [1.82, 2.24) is 9.78 Å². The van der Waals surface area contributed by atoms with Gasteiger partial charge in [-0.1, -0.05) is 41.6 Å². The van der Waals surface area contributed by atoms with E-state index in [-0.39, 0.29) is 12.3 Å². The third-order valence-electron chi connectivity index (χ3n) is 4.23. The average molecular weight is 364 g/mol. The van der Waals surface area contributed by atoms with E-state index in [2.05, 4.69) is 15.6 Å². The number of hydrogen-bond donors (Lipinski definition) is 1. The minimum absolute atomic E-state index is 0.200. The van der Waals surface area contributed by atoms with E-state index in [1.54, 1.807) is 28.9 Å². The maximum Gasteiger partial charge on any atom is 0.269 e. The van der Waals surface area contributed by atoms with Gasteiger partial charge in [-0.3, -0.25) is 4.79 Å². The minimum atomic E-state index is -0.820. The van der Waals surface area contributed by atoms with E-state index >= 15 is 0 Å². The predicted molar refractivity (Wildman–Crippen MR) is 99.4 cm³/mol. The number of hydrogen-bond acceptors (Lipinski definition) is 4. The molecule has 2 aromatic carbocycles. The van der Waals surface area contributed by atoms with Crippen molar-refractivity contribution in [3.05, 3.63) is 77.7 Å². The van der Waals surface area contributed by atoms with Crippen molar-refractivity contribution in [2.24, 2.45) is 5.16 Å². The molecule has 0 saturated heterocycles. The fourth-order valence-electron chi connectivity index (χ4n) is 2.93. The Balaban J connectivity index is 1.49. The molecule has 0 bridgehead atoms. The summed E-state index contributed by atoms with van der Waals surface area (Å²) in [6.45, 7) is 1.85. The lowest BCUT2D eigenvalue weighted by Crippen LogP contribution is -2.29. The van der Waals surface area contributed by atoms with E-state index < -0.39 is 11.9 Å². The van der Waals surface area contributed by atoms with Gasteiger partial charge in [0.05, 0.1) is 17.1 Å². The van der Waals surface area contributed by atoms with Crippen LogP contribution in [0, 0.1) is 12.7 Å². The molecule has 27 heavy (non-hydrogen) atoms. The first-order valence-electron chi connectivity index (χ1n) is 8.52. The van der Waals surface area contributed by atoms with Crippen LogP contribution in [-0.2, 0) is 9.63 Å². The molecule has 1 atom stereocenters. The van der Waals surface area contributed by atoms with Crippen LogP contribution in [0.1, 0.15) is 17.7 Å². The lowest BCUT2D eigenvalue weighted by molar-refractivity contribution is -0.125. The Morgan fingerprint density at radius 3 is 2.70 bits per heavy atom. The molecule has 1 aromatic heterocycles. The van der Waals surface area contributed by atoms with Gasteiger partial charge in [-0.25, -0.2) is 9.07 Å². The Bertz CT molecular complexity index is 1010. The molecule has 0 fully saturated rings. The summed E-state index contributed by atoms with van der Waals surface area (Å²) in [6.07, 6.45) is -0.621. The van der Waals surface area contributed by atoms with Crippen molar-refractivity contribution in [2.45, 2.75) is 19.4 Å². The molecule has 0 spiro atoms. The van der Waals surface area contributed by atoms with Crippen molar-refractivity contribution in [3.63, 3.8) is 0 Å². The number of amides is 1. The van der Waals surface area contributed by atoms with Crippen LogP contribution in [-0.4, -0.2) is 27.5 Å². The van der Waals surface area contributed by atoms with Crippen LogP contribution in [0.2, 0.25) is 0 Å². The summed E-state index contributed by atoms with van der Waals surface area (Å²) in [6, 6.07) is 17.6. The van der Waals surface area contributed by atoms with E-state index in [0.717, 1.165) is 11.4 Å². The summed E-state index contributed by atoms with van der Waals surface area (Å²) in [4.78, 5) is 17.9. The number of benzene rings is 2. The molecular formula is C20H17FN4O2. The van der Waals surface area contributed by atoms with Crippen LogP contribution in [0.25, 0.3) is 5.69 Å². The molecule has 0 aliphatic carbocycles. The van der Waals surface area contributed by atoms with Gasteiger partial charge in [0.15, 0.2) is 0 Å². The van der Waals surface area contributed by atoms with E-state index in [9.17, 15) is 9.18 Å². The minimum Gasteiger partial charge on any atom is -0.382 e. The van der Waals surface area contributed by atoms with Crippen molar-refractivity contribution >= 4 is 17.4 Å². The first-order valence-corrected chi connectivity index (χ1v) is 8.52. The van der Waals surface area contributed by atoms with Crippen LogP contribution in [0.5, 0.6) is 0 Å². The second kappa shape index (κ2) is 7.03. The molecule has 1 N–H and O–H groups in total. The lowest BCUT2D eigenvalue weighted by Gasteiger charge is -2.11. The lowest BCUT2D eigenvalue weighted by atomic mass is 10.0. The van der Waals surface area contributed by atoms with Crippen molar-refractivity contribution < 1.29 is 14.0 Å². The maximum atomic E-state index is 13.9. The number of oxime groups is 1. The summed E-state index contributed by atoms with van der Waals surface area (Å²) in [5, 5.41) is 11.1. The molecule has 6 nitrogen and oxygen atoms in total. The second-order valence-corrected chi connectivity index (χ2v) is 6.22. The Hall–Kier alpha value is -3.48. The highest BCUT2D eigenvalue weighted by molar-refractivity contribution is 6.06. The van der Waals surface area contributed by atoms with Crippen molar-refractivity contribution in [2.75, 3.05) is 5.32 Å². The Morgan fingerprint density at radius 1 is 1.19 bits per heavy atom. The normalized spacial score (nSPS) is 15.9. The zero-order chi connectivity index (χ0) is 18.8. The van der Waals surface area contributed by atoms with Crippen molar-refractivity contribution in [3.8, 4) is 5.69 Å². The number of aryl methyl sites for hydroxylation is 1. The summed E-state index contributed by atoms with van der Waals surface area (Å²) in [5.41, 5.74) is 2.36. The maximum absolute atomic E-state index is 13.9. The Labute approximate surface area is 155 Å². The van der Waals surface area contributed by atoms with E-state index in [1.807, 2.05) is 37.3 Å². The van der Waals surface area contributed by atoms with Crippen LogP contribution < -0.4 is 5.32 Å². The summed E-state index contributed by atoms with van der Waals surface area (Å²) >= 11 is 0. The molecular weight excluding hydrogens is 347 g/mol. The quantitative estimate of drug-likeness (QED) is 0.771. The third-order valence-corrected chi connectivity index (χ3v) is 4.23. The highest BCUT2D eigenvalue weighted by Crippen LogP contribution is 2.22. The first-order chi connectivity index (χ1) is 13.1. The van der Waals surface area contributed by atoms with Gasteiger partial charge in [-0.2, -0.15) is 5.10 Å². The zero-order valence-corrected chi connectivity index (χ0v) is 14.6. The van der Waals surface area contributed by atoms with Gasteiger partial charge in [0.25, 0.3) is 5.91 Å². The van der Waals surface area contributed by atoms with Gasteiger partial charge in [-0.15, -0.1) is 0 Å². The molecule has 1 aliphatic heterocycles. The SMILES string of the molecule is Cc1cc(NC(=O)[C@H]2CC(c3ccccc3F)=NO2)n(-c2ccccc2)n1. The van der Waals surface area contributed by atoms with Gasteiger partial charge in [0.1, 0.15) is 11.6 Å². The number of anilines is 1. The fourth-order valence-corrected chi connectivity index (χ4v) is 2.93. The van der Waals surface area contributed by atoms with E-state index in [1.165, 1.54) is 6.07 Å². The number of nitrogens with zero attached hydrogens (tertiary/aromatic N) is 3. The van der Waals surface area contributed by atoms with Gasteiger partial charge < -0.3 is 10.2 Å². The van der Waals surface area contributed by atoms with Gasteiger partial charge >= 0.3 is 0 Å². The Morgan fingerprint density at radius 2 is 1.93 bits per heavy atom. The van der Waals surface area contributed by atoms with Gasteiger partial charge in [-0.05, 0) is 25.1 Å². The smallest absolute Gasteiger partial charge is 0.269 e.